The van der Waals surface area contributed by atoms with Crippen molar-refractivity contribution in [3.63, 3.8) is 0 Å². The Balaban J connectivity index is 1.38. The van der Waals surface area contributed by atoms with Crippen molar-refractivity contribution in [3.05, 3.63) is 76.8 Å². The fourth-order valence-corrected chi connectivity index (χ4v) is 5.22. The summed E-state index contributed by atoms with van der Waals surface area (Å²) in [5, 5.41) is 4.13. The van der Waals surface area contributed by atoms with Crippen LogP contribution in [0.5, 0.6) is 0 Å². The average molecular weight is 474 g/mol. The molecule has 7 nitrogen and oxygen atoms in total. The largest absolute Gasteiger partial charge is 0.469 e. The average Bonchev–Trinajstić information content (AvgIpc) is 3.26. The molecule has 0 saturated carbocycles. The summed E-state index contributed by atoms with van der Waals surface area (Å²) in [6, 6.07) is 10.0. The van der Waals surface area contributed by atoms with Crippen LogP contribution in [0.15, 0.2) is 48.7 Å². The van der Waals surface area contributed by atoms with E-state index in [4.69, 9.17) is 14.5 Å². The Morgan fingerprint density at radius 1 is 1.14 bits per heavy atom. The summed E-state index contributed by atoms with van der Waals surface area (Å²) in [7, 11) is 1.37. The zero-order valence-electron chi connectivity index (χ0n) is 20.3. The van der Waals surface area contributed by atoms with Crippen molar-refractivity contribution in [2.45, 2.75) is 51.1 Å². The highest BCUT2D eigenvalue weighted by Gasteiger charge is 2.37. The molecular formula is C28H31N3O4. The maximum Gasteiger partial charge on any atom is 0.307 e. The van der Waals surface area contributed by atoms with Gasteiger partial charge in [0.25, 0.3) is 5.91 Å². The van der Waals surface area contributed by atoms with E-state index in [1.165, 1.54) is 23.9 Å². The second kappa shape index (κ2) is 9.66. The Labute approximate surface area is 205 Å². The molecule has 1 aliphatic heterocycles. The quantitative estimate of drug-likeness (QED) is 0.434. The van der Waals surface area contributed by atoms with E-state index >= 15 is 0 Å². The van der Waals surface area contributed by atoms with Gasteiger partial charge in [-0.2, -0.15) is 0 Å². The van der Waals surface area contributed by atoms with Gasteiger partial charge in [0.05, 0.1) is 19.1 Å². The third-order valence-electron chi connectivity index (χ3n) is 7.14. The molecule has 1 aromatic carbocycles. The van der Waals surface area contributed by atoms with E-state index < -0.39 is 5.54 Å². The van der Waals surface area contributed by atoms with Crippen LogP contribution >= 0.6 is 0 Å². The van der Waals surface area contributed by atoms with Crippen LogP contribution in [-0.2, 0) is 33.7 Å². The van der Waals surface area contributed by atoms with Gasteiger partial charge in [-0.3, -0.25) is 14.6 Å². The standard InChI is InChI=1S/C28H31N3O4/c1-19-15-22(23-5-3-4-6-24(23)29-19)18-31-12-9-20-16-21(7-8-25(20)31)27(33)30-28(17-26(32)34-2)10-13-35-14-11-28/h3-4,7-9,12,15-16H,5-6,10-11,13-14,17-18H2,1-2H3,(H,30,33). The molecule has 0 unspecified atom stereocenters. The summed E-state index contributed by atoms with van der Waals surface area (Å²) in [4.78, 5) is 30.0. The van der Waals surface area contributed by atoms with Crippen LogP contribution in [-0.4, -0.2) is 47.3 Å². The highest BCUT2D eigenvalue weighted by atomic mass is 16.5. The van der Waals surface area contributed by atoms with E-state index in [9.17, 15) is 9.59 Å². The van der Waals surface area contributed by atoms with Crippen molar-refractivity contribution >= 4 is 22.8 Å². The molecule has 0 bridgehead atoms. The highest BCUT2D eigenvalue weighted by Crippen LogP contribution is 2.27. The van der Waals surface area contributed by atoms with Crippen molar-refractivity contribution in [2.75, 3.05) is 20.3 Å². The molecule has 3 heterocycles. The number of carbonyl (C=O) groups excluding carboxylic acids is 2. The first kappa shape index (κ1) is 23.3. The topological polar surface area (TPSA) is 82.5 Å². The number of pyridine rings is 1. The normalized spacial score (nSPS) is 16.6. The van der Waals surface area contributed by atoms with Crippen molar-refractivity contribution in [1.82, 2.24) is 14.9 Å². The number of fused-ring (bicyclic) bond motifs is 2. The second-order valence-corrected chi connectivity index (χ2v) is 9.54. The zero-order chi connectivity index (χ0) is 24.4. The number of hydrogen-bond acceptors (Lipinski definition) is 5. The molecule has 35 heavy (non-hydrogen) atoms. The van der Waals surface area contributed by atoms with Gasteiger partial charge in [0.15, 0.2) is 0 Å². The zero-order valence-corrected chi connectivity index (χ0v) is 20.3. The number of methoxy groups -OCH3 is 1. The van der Waals surface area contributed by atoms with Gasteiger partial charge in [-0.25, -0.2) is 0 Å². The van der Waals surface area contributed by atoms with E-state index in [0.29, 0.717) is 31.6 Å². The Hall–Kier alpha value is -3.45. The van der Waals surface area contributed by atoms with Crippen LogP contribution in [0, 0.1) is 6.92 Å². The monoisotopic (exact) mass is 473 g/mol. The van der Waals surface area contributed by atoms with Gasteiger partial charge < -0.3 is 19.4 Å². The number of amides is 1. The van der Waals surface area contributed by atoms with Crippen LogP contribution in [0.1, 0.15) is 52.1 Å². The summed E-state index contributed by atoms with van der Waals surface area (Å²) in [6.45, 7) is 3.82. The third-order valence-corrected chi connectivity index (χ3v) is 7.14. The molecule has 2 aliphatic rings. The molecule has 7 heteroatoms. The number of aryl methyl sites for hydroxylation is 1. The molecule has 1 N–H and O–H groups in total. The van der Waals surface area contributed by atoms with Crippen LogP contribution in [0.25, 0.3) is 10.9 Å². The molecule has 0 atom stereocenters. The maximum absolute atomic E-state index is 13.2. The first-order valence-corrected chi connectivity index (χ1v) is 12.2. The number of carbonyl (C=O) groups is 2. The minimum Gasteiger partial charge on any atom is -0.469 e. The van der Waals surface area contributed by atoms with Crippen molar-refractivity contribution in [1.29, 1.82) is 0 Å². The molecular weight excluding hydrogens is 442 g/mol. The number of esters is 1. The van der Waals surface area contributed by atoms with Gasteiger partial charge in [-0.15, -0.1) is 0 Å². The molecule has 2 aromatic heterocycles. The Morgan fingerprint density at radius 2 is 1.94 bits per heavy atom. The summed E-state index contributed by atoms with van der Waals surface area (Å²) in [5.41, 5.74) is 5.84. The summed E-state index contributed by atoms with van der Waals surface area (Å²) in [6.07, 6.45) is 9.58. The van der Waals surface area contributed by atoms with Gasteiger partial charge in [-0.05, 0) is 67.6 Å². The molecule has 182 valence electrons. The van der Waals surface area contributed by atoms with Gasteiger partial charge in [0.1, 0.15) is 0 Å². The number of nitrogens with one attached hydrogen (secondary N) is 1. The Kier molecular flexibility index (Phi) is 6.43. The molecule has 5 rings (SSSR count). The summed E-state index contributed by atoms with van der Waals surface area (Å²) in [5.74, 6) is -0.514. The van der Waals surface area contributed by atoms with Gasteiger partial charge in [0, 0.05) is 60.2 Å². The van der Waals surface area contributed by atoms with Crippen LogP contribution in [0.2, 0.25) is 0 Å². The predicted octanol–water partition coefficient (Wildman–Crippen LogP) is 3.89. The van der Waals surface area contributed by atoms with E-state index in [1.807, 2.05) is 31.2 Å². The number of nitrogens with zero attached hydrogens (tertiary/aromatic N) is 2. The molecule has 0 radical (unpaired) electrons. The molecule has 1 amide bonds. The van der Waals surface area contributed by atoms with E-state index in [-0.39, 0.29) is 18.3 Å². The lowest BCUT2D eigenvalue weighted by atomic mass is 9.86. The van der Waals surface area contributed by atoms with E-state index in [0.717, 1.165) is 36.0 Å². The first-order valence-electron chi connectivity index (χ1n) is 12.2. The molecule has 3 aromatic rings. The van der Waals surface area contributed by atoms with Crippen LogP contribution in [0.4, 0.5) is 0 Å². The van der Waals surface area contributed by atoms with Crippen LogP contribution < -0.4 is 5.32 Å². The Bertz CT molecular complexity index is 1300. The predicted molar refractivity (Wildman–Crippen MR) is 133 cm³/mol. The lowest BCUT2D eigenvalue weighted by molar-refractivity contribution is -0.143. The third kappa shape index (κ3) is 4.86. The van der Waals surface area contributed by atoms with Gasteiger partial charge in [-0.1, -0.05) is 12.2 Å². The first-order chi connectivity index (χ1) is 17.0. The SMILES string of the molecule is COC(=O)CC1(NC(=O)c2ccc3c(ccn3Cc3cc(C)nc4c3CC=CC4)c2)CCOCC1. The number of aromatic nitrogens is 2. The summed E-state index contributed by atoms with van der Waals surface area (Å²) >= 11 is 0. The van der Waals surface area contributed by atoms with Crippen molar-refractivity contribution in [2.24, 2.45) is 0 Å². The van der Waals surface area contributed by atoms with Crippen molar-refractivity contribution < 1.29 is 19.1 Å². The maximum atomic E-state index is 13.2. The minimum absolute atomic E-state index is 0.141. The van der Waals surface area contributed by atoms with Crippen molar-refractivity contribution in [3.8, 4) is 0 Å². The van der Waals surface area contributed by atoms with E-state index in [1.54, 1.807) is 0 Å². The molecule has 0 spiro atoms. The minimum atomic E-state index is -0.643. The number of benzene rings is 1. The molecule has 1 saturated heterocycles. The fourth-order valence-electron chi connectivity index (χ4n) is 5.22. The number of allylic oxidation sites excluding steroid dienone is 2. The van der Waals surface area contributed by atoms with E-state index in [2.05, 4.69) is 34.3 Å². The molecule has 1 fully saturated rings. The number of rotatable bonds is 6. The smallest absolute Gasteiger partial charge is 0.307 e. The second-order valence-electron chi connectivity index (χ2n) is 9.54. The fraction of sp³-hybridized carbons (Fsp3) is 0.393. The lowest BCUT2D eigenvalue weighted by Crippen LogP contribution is -2.53. The highest BCUT2D eigenvalue weighted by molar-refractivity contribution is 5.98. The lowest BCUT2D eigenvalue weighted by Gasteiger charge is -2.37. The van der Waals surface area contributed by atoms with Gasteiger partial charge >= 0.3 is 5.97 Å². The molecule has 1 aliphatic carbocycles. The van der Waals surface area contributed by atoms with Crippen LogP contribution in [0.3, 0.4) is 0 Å². The number of ether oxygens (including phenoxy) is 2. The Morgan fingerprint density at radius 3 is 2.74 bits per heavy atom. The van der Waals surface area contributed by atoms with Gasteiger partial charge in [0.2, 0.25) is 0 Å². The summed E-state index contributed by atoms with van der Waals surface area (Å²) < 4.78 is 12.6. The number of hydrogen-bond donors (Lipinski definition) is 1.